The first-order chi connectivity index (χ1) is 12.1. The van der Waals surface area contributed by atoms with Crippen LogP contribution in [0.4, 0.5) is 0 Å². The summed E-state index contributed by atoms with van der Waals surface area (Å²) in [4.78, 5) is 30.8. The quantitative estimate of drug-likeness (QED) is 0.822. The summed E-state index contributed by atoms with van der Waals surface area (Å²) >= 11 is 6.14. The molecular formula is C19H26ClN3O2. The highest BCUT2D eigenvalue weighted by atomic mass is 35.5. The molecule has 0 bridgehead atoms. The van der Waals surface area contributed by atoms with Gasteiger partial charge in [-0.3, -0.25) is 14.5 Å². The molecule has 0 unspecified atom stereocenters. The van der Waals surface area contributed by atoms with E-state index in [1.807, 2.05) is 34.1 Å². The van der Waals surface area contributed by atoms with Gasteiger partial charge in [0.1, 0.15) is 0 Å². The van der Waals surface area contributed by atoms with E-state index in [-0.39, 0.29) is 11.8 Å². The minimum absolute atomic E-state index is 0.107. The fourth-order valence-electron chi connectivity index (χ4n) is 3.51. The maximum Gasteiger partial charge on any atom is 0.236 e. The number of benzene rings is 1. The van der Waals surface area contributed by atoms with E-state index < -0.39 is 0 Å². The summed E-state index contributed by atoms with van der Waals surface area (Å²) in [6.45, 7) is 5.14. The number of amides is 2. The number of likely N-dealkylation sites (tertiary alicyclic amines) is 1. The van der Waals surface area contributed by atoms with Crippen molar-refractivity contribution in [3.63, 3.8) is 0 Å². The van der Waals surface area contributed by atoms with Gasteiger partial charge in [0.2, 0.25) is 11.8 Å². The lowest BCUT2D eigenvalue weighted by atomic mass is 10.1. The maximum absolute atomic E-state index is 12.5. The Balaban J connectivity index is 1.44. The van der Waals surface area contributed by atoms with Crippen molar-refractivity contribution >= 4 is 23.4 Å². The Morgan fingerprint density at radius 3 is 2.16 bits per heavy atom. The van der Waals surface area contributed by atoms with Crippen LogP contribution in [0.3, 0.4) is 0 Å². The van der Waals surface area contributed by atoms with Gasteiger partial charge in [0, 0.05) is 44.3 Å². The van der Waals surface area contributed by atoms with Crippen LogP contribution in [-0.2, 0) is 16.0 Å². The van der Waals surface area contributed by atoms with Gasteiger partial charge in [0.15, 0.2) is 0 Å². The SMILES string of the molecule is O=C(Cc1ccccc1Cl)N1CCN(CC(=O)N2CCCCC2)CC1. The van der Waals surface area contributed by atoms with Gasteiger partial charge in [-0.15, -0.1) is 0 Å². The van der Waals surface area contributed by atoms with Gasteiger partial charge in [0.25, 0.3) is 0 Å². The van der Waals surface area contributed by atoms with Crippen LogP contribution in [0, 0.1) is 0 Å². The molecule has 2 aliphatic rings. The van der Waals surface area contributed by atoms with Crippen LogP contribution in [-0.4, -0.2) is 72.3 Å². The fourth-order valence-corrected chi connectivity index (χ4v) is 3.71. The number of carbonyl (C=O) groups excluding carboxylic acids is 2. The molecule has 0 radical (unpaired) electrons. The van der Waals surface area contributed by atoms with E-state index in [0.717, 1.165) is 44.6 Å². The van der Waals surface area contributed by atoms with Crippen molar-refractivity contribution in [1.82, 2.24) is 14.7 Å². The fraction of sp³-hybridized carbons (Fsp3) is 0.579. The number of rotatable bonds is 4. The molecule has 136 valence electrons. The van der Waals surface area contributed by atoms with E-state index in [2.05, 4.69) is 4.90 Å². The molecule has 0 saturated carbocycles. The molecule has 1 aromatic carbocycles. The summed E-state index contributed by atoms with van der Waals surface area (Å²) in [5, 5.41) is 0.640. The van der Waals surface area contributed by atoms with Crippen LogP contribution in [0.25, 0.3) is 0 Å². The van der Waals surface area contributed by atoms with Gasteiger partial charge >= 0.3 is 0 Å². The lowest BCUT2D eigenvalue weighted by Crippen LogP contribution is -2.52. The number of hydrogen-bond donors (Lipinski definition) is 0. The molecule has 2 amide bonds. The molecule has 2 heterocycles. The molecule has 2 aliphatic heterocycles. The summed E-state index contributed by atoms with van der Waals surface area (Å²) in [7, 11) is 0. The average Bonchev–Trinajstić information content (AvgIpc) is 2.65. The third-order valence-corrected chi connectivity index (χ3v) is 5.46. The number of piperidine rings is 1. The highest BCUT2D eigenvalue weighted by Gasteiger charge is 2.25. The monoisotopic (exact) mass is 363 g/mol. The second-order valence-electron chi connectivity index (χ2n) is 6.87. The van der Waals surface area contributed by atoms with Crippen LogP contribution in [0.15, 0.2) is 24.3 Å². The van der Waals surface area contributed by atoms with Crippen molar-refractivity contribution in [1.29, 1.82) is 0 Å². The van der Waals surface area contributed by atoms with E-state index >= 15 is 0 Å². The smallest absolute Gasteiger partial charge is 0.236 e. The second kappa shape index (κ2) is 8.68. The maximum atomic E-state index is 12.5. The average molecular weight is 364 g/mol. The van der Waals surface area contributed by atoms with Gasteiger partial charge in [-0.05, 0) is 30.9 Å². The summed E-state index contributed by atoms with van der Waals surface area (Å²) in [6.07, 6.45) is 3.81. The molecule has 0 N–H and O–H groups in total. The van der Waals surface area contributed by atoms with E-state index in [4.69, 9.17) is 11.6 Å². The van der Waals surface area contributed by atoms with E-state index in [0.29, 0.717) is 31.1 Å². The number of halogens is 1. The van der Waals surface area contributed by atoms with Crippen molar-refractivity contribution in [2.24, 2.45) is 0 Å². The van der Waals surface area contributed by atoms with Crippen LogP contribution < -0.4 is 0 Å². The van der Waals surface area contributed by atoms with Crippen LogP contribution in [0.2, 0.25) is 5.02 Å². The first-order valence-corrected chi connectivity index (χ1v) is 9.52. The lowest BCUT2D eigenvalue weighted by molar-refractivity contribution is -0.135. The molecule has 6 heteroatoms. The molecule has 0 spiro atoms. The van der Waals surface area contributed by atoms with Gasteiger partial charge in [0.05, 0.1) is 13.0 Å². The summed E-state index contributed by atoms with van der Waals surface area (Å²) in [5.74, 6) is 0.339. The zero-order valence-electron chi connectivity index (χ0n) is 14.6. The highest BCUT2D eigenvalue weighted by Crippen LogP contribution is 2.17. The van der Waals surface area contributed by atoms with Crippen molar-refractivity contribution in [3.8, 4) is 0 Å². The third-order valence-electron chi connectivity index (χ3n) is 5.09. The number of piperazine rings is 1. The minimum Gasteiger partial charge on any atom is -0.342 e. The van der Waals surface area contributed by atoms with Gasteiger partial charge in [-0.2, -0.15) is 0 Å². The first-order valence-electron chi connectivity index (χ1n) is 9.15. The van der Waals surface area contributed by atoms with E-state index in [9.17, 15) is 9.59 Å². The molecule has 3 rings (SSSR count). The Hall–Kier alpha value is -1.59. The zero-order chi connectivity index (χ0) is 17.6. The van der Waals surface area contributed by atoms with Crippen molar-refractivity contribution in [2.45, 2.75) is 25.7 Å². The van der Waals surface area contributed by atoms with Crippen molar-refractivity contribution in [2.75, 3.05) is 45.8 Å². The molecule has 1 aromatic rings. The van der Waals surface area contributed by atoms with Crippen LogP contribution in [0.1, 0.15) is 24.8 Å². The first kappa shape index (κ1) is 18.2. The number of hydrogen-bond acceptors (Lipinski definition) is 3. The molecule has 0 aromatic heterocycles. The molecule has 0 atom stereocenters. The largest absolute Gasteiger partial charge is 0.342 e. The Bertz CT molecular complexity index is 608. The summed E-state index contributed by atoms with van der Waals surface area (Å²) < 4.78 is 0. The standard InChI is InChI=1S/C19H26ClN3O2/c20-17-7-3-2-6-16(17)14-18(24)23-12-10-21(11-13-23)15-19(25)22-8-4-1-5-9-22/h2-3,6-7H,1,4-5,8-15H2. The van der Waals surface area contributed by atoms with E-state index in [1.54, 1.807) is 0 Å². The molecule has 5 nitrogen and oxygen atoms in total. The number of nitrogens with zero attached hydrogens (tertiary/aromatic N) is 3. The van der Waals surface area contributed by atoms with Gasteiger partial charge < -0.3 is 9.80 Å². The predicted molar refractivity (Wildman–Crippen MR) is 98.6 cm³/mol. The minimum atomic E-state index is 0.107. The van der Waals surface area contributed by atoms with Crippen LogP contribution in [0.5, 0.6) is 0 Å². The topological polar surface area (TPSA) is 43.9 Å². The lowest BCUT2D eigenvalue weighted by Gasteiger charge is -2.36. The Morgan fingerprint density at radius 2 is 1.48 bits per heavy atom. The predicted octanol–water partition coefficient (Wildman–Crippen LogP) is 2.04. The van der Waals surface area contributed by atoms with Gasteiger partial charge in [-0.25, -0.2) is 0 Å². The van der Waals surface area contributed by atoms with Crippen molar-refractivity contribution in [3.05, 3.63) is 34.9 Å². The molecule has 2 fully saturated rings. The third kappa shape index (κ3) is 4.95. The van der Waals surface area contributed by atoms with Crippen LogP contribution >= 0.6 is 11.6 Å². The van der Waals surface area contributed by atoms with E-state index in [1.165, 1.54) is 6.42 Å². The molecular weight excluding hydrogens is 338 g/mol. The Morgan fingerprint density at radius 1 is 0.840 bits per heavy atom. The summed E-state index contributed by atoms with van der Waals surface area (Å²) in [6, 6.07) is 7.48. The normalized spacial score (nSPS) is 19.1. The molecule has 25 heavy (non-hydrogen) atoms. The molecule has 2 saturated heterocycles. The highest BCUT2D eigenvalue weighted by molar-refractivity contribution is 6.31. The Kier molecular flexibility index (Phi) is 6.32. The van der Waals surface area contributed by atoms with Crippen molar-refractivity contribution < 1.29 is 9.59 Å². The summed E-state index contributed by atoms with van der Waals surface area (Å²) in [5.41, 5.74) is 0.872. The van der Waals surface area contributed by atoms with Gasteiger partial charge in [-0.1, -0.05) is 29.8 Å². The number of carbonyl (C=O) groups is 2. The second-order valence-corrected chi connectivity index (χ2v) is 7.27. The molecule has 0 aliphatic carbocycles. The zero-order valence-corrected chi connectivity index (χ0v) is 15.4. The Labute approximate surface area is 154 Å².